The van der Waals surface area contributed by atoms with Crippen molar-refractivity contribution in [3.05, 3.63) is 69.9 Å². The minimum Gasteiger partial charge on any atom is -0.296 e. The number of rotatable bonds is 6. The molecule has 1 fully saturated rings. The van der Waals surface area contributed by atoms with Crippen molar-refractivity contribution in [1.29, 1.82) is 0 Å². The molecule has 1 aliphatic heterocycles. The van der Waals surface area contributed by atoms with Gasteiger partial charge in [0.1, 0.15) is 5.82 Å². The molecule has 0 N–H and O–H groups in total. The predicted molar refractivity (Wildman–Crippen MR) is 110 cm³/mol. The molecule has 7 heteroatoms. The van der Waals surface area contributed by atoms with Gasteiger partial charge < -0.3 is 0 Å². The van der Waals surface area contributed by atoms with Gasteiger partial charge in [0.15, 0.2) is 10.6 Å². The molecule has 1 aromatic carbocycles. The maximum absolute atomic E-state index is 13.3. The van der Waals surface area contributed by atoms with Gasteiger partial charge in [0.2, 0.25) is 0 Å². The van der Waals surface area contributed by atoms with Crippen LogP contribution < -0.4 is 0 Å². The maximum Gasteiger partial charge on any atom is 0.199 e. The van der Waals surface area contributed by atoms with E-state index in [9.17, 15) is 4.39 Å². The van der Waals surface area contributed by atoms with E-state index in [1.165, 1.54) is 23.4 Å². The molecule has 3 aromatic rings. The van der Waals surface area contributed by atoms with Crippen LogP contribution in [0.1, 0.15) is 23.8 Å². The second kappa shape index (κ2) is 7.88. The maximum atomic E-state index is 13.3. The van der Waals surface area contributed by atoms with E-state index in [2.05, 4.69) is 29.0 Å². The van der Waals surface area contributed by atoms with Crippen LogP contribution in [0, 0.1) is 10.6 Å². The Hall–Kier alpha value is -2.09. The molecule has 0 bridgehead atoms. The summed E-state index contributed by atoms with van der Waals surface area (Å²) in [7, 11) is 0. The predicted octanol–water partition coefficient (Wildman–Crippen LogP) is 5.26. The first-order chi connectivity index (χ1) is 13.2. The minimum absolute atomic E-state index is 0.261. The molecule has 3 heterocycles. The lowest BCUT2D eigenvalue weighted by Gasteiger charge is -2.23. The van der Waals surface area contributed by atoms with Crippen molar-refractivity contribution in [1.82, 2.24) is 19.2 Å². The quantitative estimate of drug-likeness (QED) is 0.417. The normalized spacial score (nSPS) is 17.4. The van der Waals surface area contributed by atoms with E-state index in [1.807, 2.05) is 9.25 Å². The van der Waals surface area contributed by atoms with Gasteiger partial charge in [-0.25, -0.2) is 9.07 Å². The molecular weight excluding hydrogens is 379 g/mol. The Labute approximate surface area is 167 Å². The standard InChI is InChI=1S/C20H21FN4S2/c1-2-11-24-19(15-7-9-16(21)10-8-15)22-25(20(24)26)14-23-12-3-5-17(23)18-6-4-13-27-18/h2,4,6-10,13,17H,1,3,5,11-12,14H2/t17-/m0/s1. The SMILES string of the molecule is C=CCn1c(-c2ccc(F)cc2)nn(CN2CCC[C@H]2c2cccs2)c1=S. The molecule has 0 saturated carbocycles. The van der Waals surface area contributed by atoms with Gasteiger partial charge in [0.25, 0.3) is 0 Å². The fourth-order valence-electron chi connectivity index (χ4n) is 3.61. The number of thiophene rings is 1. The van der Waals surface area contributed by atoms with Gasteiger partial charge in [0.05, 0.1) is 6.67 Å². The van der Waals surface area contributed by atoms with Crippen LogP contribution in [0.15, 0.2) is 54.4 Å². The highest BCUT2D eigenvalue weighted by Crippen LogP contribution is 2.34. The monoisotopic (exact) mass is 400 g/mol. The highest BCUT2D eigenvalue weighted by molar-refractivity contribution is 7.71. The van der Waals surface area contributed by atoms with Crippen molar-refractivity contribution in [2.75, 3.05) is 6.54 Å². The van der Waals surface area contributed by atoms with Gasteiger partial charge in [-0.1, -0.05) is 12.1 Å². The van der Waals surface area contributed by atoms with Gasteiger partial charge in [-0.05, 0) is 60.8 Å². The second-order valence-corrected chi connectivity index (χ2v) is 7.98. The lowest BCUT2D eigenvalue weighted by molar-refractivity contribution is 0.192. The minimum atomic E-state index is -0.261. The van der Waals surface area contributed by atoms with E-state index in [1.54, 1.807) is 29.5 Å². The van der Waals surface area contributed by atoms with Crippen LogP contribution in [-0.2, 0) is 13.2 Å². The van der Waals surface area contributed by atoms with Crippen molar-refractivity contribution in [3.63, 3.8) is 0 Å². The molecule has 0 radical (unpaired) electrons. The Morgan fingerprint density at radius 1 is 1.30 bits per heavy atom. The highest BCUT2D eigenvalue weighted by atomic mass is 32.1. The molecule has 2 aromatic heterocycles. The first kappa shape index (κ1) is 18.3. The summed E-state index contributed by atoms with van der Waals surface area (Å²) in [5, 5.41) is 6.90. The third-order valence-electron chi connectivity index (χ3n) is 4.89. The van der Waals surface area contributed by atoms with E-state index in [0.717, 1.165) is 24.4 Å². The number of allylic oxidation sites excluding steroid dienone is 1. The van der Waals surface area contributed by atoms with E-state index in [-0.39, 0.29) is 5.82 Å². The summed E-state index contributed by atoms with van der Waals surface area (Å²) in [5.74, 6) is 0.481. The molecule has 1 saturated heterocycles. The molecular formula is C20H21FN4S2. The summed E-state index contributed by atoms with van der Waals surface area (Å²) in [5.41, 5.74) is 0.847. The summed E-state index contributed by atoms with van der Waals surface area (Å²) in [6.45, 7) is 6.09. The fourth-order valence-corrected chi connectivity index (χ4v) is 4.76. The molecule has 0 unspecified atom stereocenters. The van der Waals surface area contributed by atoms with Crippen LogP contribution in [-0.4, -0.2) is 25.8 Å². The molecule has 0 spiro atoms. The van der Waals surface area contributed by atoms with Gasteiger partial charge >= 0.3 is 0 Å². The average Bonchev–Trinajstić information content (AvgIpc) is 3.40. The number of hydrogen-bond acceptors (Lipinski definition) is 4. The van der Waals surface area contributed by atoms with E-state index in [4.69, 9.17) is 17.3 Å². The van der Waals surface area contributed by atoms with E-state index in [0.29, 0.717) is 24.0 Å². The largest absolute Gasteiger partial charge is 0.296 e. The van der Waals surface area contributed by atoms with Gasteiger partial charge in [-0.2, -0.15) is 5.10 Å². The zero-order chi connectivity index (χ0) is 18.8. The Kier molecular flexibility index (Phi) is 5.33. The molecule has 0 amide bonds. The molecule has 1 atom stereocenters. The van der Waals surface area contributed by atoms with Crippen LogP contribution in [0.4, 0.5) is 4.39 Å². The number of aromatic nitrogens is 3. The summed E-state index contributed by atoms with van der Waals surface area (Å²) < 4.78 is 17.8. The van der Waals surface area contributed by atoms with Crippen molar-refractivity contribution < 1.29 is 4.39 Å². The molecule has 4 rings (SSSR count). The number of benzene rings is 1. The Morgan fingerprint density at radius 3 is 2.81 bits per heavy atom. The molecule has 0 aliphatic carbocycles. The topological polar surface area (TPSA) is 26.0 Å². The van der Waals surface area contributed by atoms with Crippen LogP contribution in [0.2, 0.25) is 0 Å². The third kappa shape index (κ3) is 3.67. The third-order valence-corrected chi connectivity index (χ3v) is 6.29. The van der Waals surface area contributed by atoms with Crippen molar-refractivity contribution in [2.24, 2.45) is 0 Å². The second-order valence-electron chi connectivity index (χ2n) is 6.64. The average molecular weight is 401 g/mol. The fraction of sp³-hybridized carbons (Fsp3) is 0.300. The first-order valence-corrected chi connectivity index (χ1v) is 10.3. The molecule has 27 heavy (non-hydrogen) atoms. The lowest BCUT2D eigenvalue weighted by Crippen LogP contribution is -2.26. The first-order valence-electron chi connectivity index (χ1n) is 8.99. The summed E-state index contributed by atoms with van der Waals surface area (Å²) in [6, 6.07) is 11.1. The van der Waals surface area contributed by atoms with Crippen LogP contribution >= 0.6 is 23.6 Å². The van der Waals surface area contributed by atoms with Gasteiger partial charge in [-0.3, -0.25) is 9.47 Å². The summed E-state index contributed by atoms with van der Waals surface area (Å²) in [4.78, 5) is 3.82. The van der Waals surface area contributed by atoms with Gasteiger partial charge in [0, 0.05) is 29.6 Å². The van der Waals surface area contributed by atoms with E-state index < -0.39 is 0 Å². The van der Waals surface area contributed by atoms with Crippen molar-refractivity contribution in [2.45, 2.75) is 32.1 Å². The Bertz CT molecular complexity index is 973. The van der Waals surface area contributed by atoms with Gasteiger partial charge in [-0.15, -0.1) is 17.9 Å². The zero-order valence-electron chi connectivity index (χ0n) is 14.9. The molecule has 1 aliphatic rings. The molecule has 140 valence electrons. The van der Waals surface area contributed by atoms with E-state index >= 15 is 0 Å². The Morgan fingerprint density at radius 2 is 2.11 bits per heavy atom. The zero-order valence-corrected chi connectivity index (χ0v) is 16.6. The molecule has 4 nitrogen and oxygen atoms in total. The van der Waals surface area contributed by atoms with Crippen molar-refractivity contribution >= 4 is 23.6 Å². The van der Waals surface area contributed by atoms with Crippen molar-refractivity contribution in [3.8, 4) is 11.4 Å². The Balaban J connectivity index is 1.67. The highest BCUT2D eigenvalue weighted by Gasteiger charge is 2.27. The number of hydrogen-bond donors (Lipinski definition) is 0. The summed E-state index contributed by atoms with van der Waals surface area (Å²) >= 11 is 7.50. The van der Waals surface area contributed by atoms with Crippen LogP contribution in [0.5, 0.6) is 0 Å². The smallest absolute Gasteiger partial charge is 0.199 e. The van der Waals surface area contributed by atoms with Crippen LogP contribution in [0.3, 0.4) is 0 Å². The number of nitrogens with zero attached hydrogens (tertiary/aromatic N) is 4. The number of halogens is 1. The van der Waals surface area contributed by atoms with Crippen LogP contribution in [0.25, 0.3) is 11.4 Å². The lowest BCUT2D eigenvalue weighted by atomic mass is 10.2. The summed E-state index contributed by atoms with van der Waals surface area (Å²) in [6.07, 6.45) is 4.14. The number of likely N-dealkylation sites (tertiary alicyclic amines) is 1.